The fourth-order valence-electron chi connectivity index (χ4n) is 5.01. The Labute approximate surface area is 190 Å². The van der Waals surface area contributed by atoms with E-state index in [0.717, 1.165) is 23.4 Å². The van der Waals surface area contributed by atoms with Gasteiger partial charge in [0.25, 0.3) is 5.91 Å². The number of nitrogens with one attached hydrogen (secondary N) is 2. The summed E-state index contributed by atoms with van der Waals surface area (Å²) in [6, 6.07) is 23.0. The number of carbonyl (C=O) groups is 1. The molecule has 4 nitrogen and oxygen atoms in total. The first-order valence-electron chi connectivity index (χ1n) is 11.2. The maximum Gasteiger partial charge on any atom is 0.255 e. The topological polar surface area (TPSA) is 44.4 Å². The largest absolute Gasteiger partial charge is 0.378 e. The predicted octanol–water partition coefficient (Wildman–Crippen LogP) is 6.14. The van der Waals surface area contributed by atoms with Crippen LogP contribution in [0.2, 0.25) is 0 Å². The van der Waals surface area contributed by atoms with Crippen LogP contribution in [-0.4, -0.2) is 20.0 Å². The Hall–Kier alpha value is -3.53. The molecule has 3 unspecified atom stereocenters. The number of aryl methyl sites for hydroxylation is 1. The molecular formula is C28H29N3O. The molecule has 0 saturated carbocycles. The van der Waals surface area contributed by atoms with Gasteiger partial charge in [0.15, 0.2) is 0 Å². The zero-order chi connectivity index (χ0) is 22.2. The van der Waals surface area contributed by atoms with E-state index in [2.05, 4.69) is 78.2 Å². The molecule has 2 aliphatic rings. The van der Waals surface area contributed by atoms with Gasteiger partial charge in [-0.15, -0.1) is 0 Å². The molecule has 2 N–H and O–H groups in total. The third-order valence-corrected chi connectivity index (χ3v) is 6.78. The highest BCUT2D eigenvalue weighted by molar-refractivity contribution is 6.05. The Morgan fingerprint density at radius 2 is 1.81 bits per heavy atom. The third kappa shape index (κ3) is 3.66. The second-order valence-electron chi connectivity index (χ2n) is 9.03. The van der Waals surface area contributed by atoms with Gasteiger partial charge in [-0.05, 0) is 72.4 Å². The van der Waals surface area contributed by atoms with Gasteiger partial charge in [-0.1, -0.05) is 42.5 Å². The van der Waals surface area contributed by atoms with Gasteiger partial charge < -0.3 is 15.5 Å². The summed E-state index contributed by atoms with van der Waals surface area (Å²) in [5.41, 5.74) is 7.46. The molecule has 3 atom stereocenters. The van der Waals surface area contributed by atoms with Crippen LogP contribution in [-0.2, 0) is 0 Å². The van der Waals surface area contributed by atoms with Gasteiger partial charge in [-0.3, -0.25) is 4.79 Å². The van der Waals surface area contributed by atoms with Crippen molar-refractivity contribution in [2.45, 2.75) is 25.3 Å². The number of allylic oxidation sites excluding steroid dienone is 2. The normalized spacial score (nSPS) is 20.8. The number of carbonyl (C=O) groups excluding carboxylic acids is 1. The number of amides is 1. The van der Waals surface area contributed by atoms with Crippen molar-refractivity contribution >= 4 is 23.0 Å². The second-order valence-corrected chi connectivity index (χ2v) is 9.03. The van der Waals surface area contributed by atoms with Crippen molar-refractivity contribution in [2.24, 2.45) is 5.92 Å². The molecule has 0 saturated heterocycles. The third-order valence-electron chi connectivity index (χ3n) is 6.78. The molecule has 1 aliphatic heterocycles. The maximum absolute atomic E-state index is 12.8. The van der Waals surface area contributed by atoms with Gasteiger partial charge in [0.2, 0.25) is 0 Å². The van der Waals surface area contributed by atoms with Gasteiger partial charge in [0, 0.05) is 42.6 Å². The molecule has 1 amide bonds. The predicted molar refractivity (Wildman–Crippen MR) is 133 cm³/mol. The average Bonchev–Trinajstić information content (AvgIpc) is 3.29. The summed E-state index contributed by atoms with van der Waals surface area (Å²) in [5.74, 6) is 0.749. The summed E-state index contributed by atoms with van der Waals surface area (Å²) in [4.78, 5) is 14.9. The van der Waals surface area contributed by atoms with Crippen LogP contribution in [0.1, 0.15) is 45.4 Å². The fraction of sp³-hybridized carbons (Fsp3) is 0.250. The Balaban J connectivity index is 1.42. The number of benzene rings is 3. The number of fused-ring (bicyclic) bond motifs is 3. The molecule has 0 spiro atoms. The molecule has 4 heteroatoms. The molecule has 1 heterocycles. The molecule has 1 aliphatic carbocycles. The monoisotopic (exact) mass is 423 g/mol. The highest BCUT2D eigenvalue weighted by atomic mass is 16.1. The highest BCUT2D eigenvalue weighted by Crippen LogP contribution is 2.50. The molecule has 5 rings (SSSR count). The summed E-state index contributed by atoms with van der Waals surface area (Å²) < 4.78 is 0. The SMILES string of the molecule is Cc1ccccc1C(=O)Nc1ccc2c(c1)C1C=CCC1C(c1ccc(N(C)C)cc1)N2. The van der Waals surface area contributed by atoms with Gasteiger partial charge in [0.1, 0.15) is 0 Å². The number of rotatable bonds is 4. The first kappa shape index (κ1) is 20.4. The van der Waals surface area contributed by atoms with Crippen molar-refractivity contribution in [3.05, 3.63) is 101 Å². The molecular weight excluding hydrogens is 394 g/mol. The molecule has 32 heavy (non-hydrogen) atoms. The Kier molecular flexibility index (Phi) is 5.22. The molecule has 3 aromatic rings. The van der Waals surface area contributed by atoms with E-state index in [1.165, 1.54) is 16.8 Å². The minimum atomic E-state index is -0.0656. The maximum atomic E-state index is 12.8. The van der Waals surface area contributed by atoms with Crippen LogP contribution in [0, 0.1) is 12.8 Å². The van der Waals surface area contributed by atoms with Gasteiger partial charge in [-0.2, -0.15) is 0 Å². The Morgan fingerprint density at radius 3 is 2.56 bits per heavy atom. The van der Waals surface area contributed by atoms with Gasteiger partial charge in [0.05, 0.1) is 6.04 Å². The Bertz CT molecular complexity index is 1180. The average molecular weight is 424 g/mol. The molecule has 0 radical (unpaired) electrons. The van der Waals surface area contributed by atoms with E-state index in [-0.39, 0.29) is 11.9 Å². The molecule has 0 aromatic heterocycles. The molecule has 3 aromatic carbocycles. The minimum Gasteiger partial charge on any atom is -0.378 e. The number of nitrogens with zero attached hydrogens (tertiary/aromatic N) is 1. The van der Waals surface area contributed by atoms with Crippen LogP contribution in [0.4, 0.5) is 17.1 Å². The number of hydrogen-bond acceptors (Lipinski definition) is 3. The number of anilines is 3. The van der Waals surface area contributed by atoms with Crippen molar-refractivity contribution in [3.8, 4) is 0 Å². The lowest BCUT2D eigenvalue weighted by molar-refractivity contribution is 0.102. The van der Waals surface area contributed by atoms with Crippen molar-refractivity contribution in [3.63, 3.8) is 0 Å². The number of hydrogen-bond donors (Lipinski definition) is 2. The molecule has 0 bridgehead atoms. The lowest BCUT2D eigenvalue weighted by Gasteiger charge is -2.38. The highest BCUT2D eigenvalue weighted by Gasteiger charge is 2.38. The van der Waals surface area contributed by atoms with Crippen molar-refractivity contribution in [1.29, 1.82) is 0 Å². The molecule has 0 fully saturated rings. The second kappa shape index (κ2) is 8.19. The molecule has 162 valence electrons. The van der Waals surface area contributed by atoms with Gasteiger partial charge >= 0.3 is 0 Å². The van der Waals surface area contributed by atoms with Crippen LogP contribution in [0.25, 0.3) is 0 Å². The van der Waals surface area contributed by atoms with E-state index >= 15 is 0 Å². The van der Waals surface area contributed by atoms with Crippen molar-refractivity contribution in [1.82, 2.24) is 0 Å². The van der Waals surface area contributed by atoms with Crippen LogP contribution in [0.15, 0.2) is 78.9 Å². The van der Waals surface area contributed by atoms with E-state index in [1.54, 1.807) is 0 Å². The minimum absolute atomic E-state index is 0.0656. The van der Waals surface area contributed by atoms with Crippen LogP contribution < -0.4 is 15.5 Å². The summed E-state index contributed by atoms with van der Waals surface area (Å²) in [6.45, 7) is 1.96. The van der Waals surface area contributed by atoms with E-state index in [1.807, 2.05) is 37.3 Å². The summed E-state index contributed by atoms with van der Waals surface area (Å²) in [6.07, 6.45) is 5.68. The lowest BCUT2D eigenvalue weighted by Crippen LogP contribution is -2.29. The van der Waals surface area contributed by atoms with E-state index in [0.29, 0.717) is 17.4 Å². The van der Waals surface area contributed by atoms with Crippen LogP contribution in [0.3, 0.4) is 0 Å². The van der Waals surface area contributed by atoms with Crippen LogP contribution in [0.5, 0.6) is 0 Å². The summed E-state index contributed by atoms with van der Waals surface area (Å²) >= 11 is 0. The summed E-state index contributed by atoms with van der Waals surface area (Å²) in [5, 5.41) is 6.88. The van der Waals surface area contributed by atoms with E-state index < -0.39 is 0 Å². The zero-order valence-electron chi connectivity index (χ0n) is 18.8. The van der Waals surface area contributed by atoms with E-state index in [9.17, 15) is 4.79 Å². The smallest absolute Gasteiger partial charge is 0.255 e. The first-order valence-corrected chi connectivity index (χ1v) is 11.2. The van der Waals surface area contributed by atoms with Crippen molar-refractivity contribution < 1.29 is 4.79 Å². The van der Waals surface area contributed by atoms with Crippen LogP contribution >= 0.6 is 0 Å². The standard InChI is InChI=1S/C28H29N3O/c1-18-7-4-5-8-22(18)28(32)29-20-13-16-26-25(17-20)23-9-6-10-24(23)27(30-26)19-11-14-21(15-12-19)31(2)3/h4-9,11-17,23-24,27,30H,10H2,1-3H3,(H,29,32). The first-order chi connectivity index (χ1) is 15.5. The zero-order valence-corrected chi connectivity index (χ0v) is 18.8. The quantitative estimate of drug-likeness (QED) is 0.496. The fourth-order valence-corrected chi connectivity index (χ4v) is 5.01. The Morgan fingerprint density at radius 1 is 1.03 bits per heavy atom. The van der Waals surface area contributed by atoms with Gasteiger partial charge in [-0.25, -0.2) is 0 Å². The van der Waals surface area contributed by atoms with E-state index in [4.69, 9.17) is 0 Å². The lowest BCUT2D eigenvalue weighted by atomic mass is 9.77. The summed E-state index contributed by atoms with van der Waals surface area (Å²) in [7, 11) is 4.13. The van der Waals surface area contributed by atoms with Crippen molar-refractivity contribution in [2.75, 3.05) is 29.6 Å².